The van der Waals surface area contributed by atoms with Gasteiger partial charge in [-0.2, -0.15) is 0 Å². The second kappa shape index (κ2) is 11.9. The van der Waals surface area contributed by atoms with E-state index in [0.29, 0.717) is 34.2 Å². The summed E-state index contributed by atoms with van der Waals surface area (Å²) in [5.74, 6) is 0.128. The fourth-order valence-corrected chi connectivity index (χ4v) is 4.73. The lowest BCUT2D eigenvalue weighted by Crippen LogP contribution is -2.24. The molecular formula is C30H33N7O3. The van der Waals surface area contributed by atoms with E-state index in [1.807, 2.05) is 48.5 Å². The highest BCUT2D eigenvalue weighted by Crippen LogP contribution is 2.36. The Bertz CT molecular complexity index is 1600. The standard InChI is InChI=1S/C30H33N7O3/c1-5-16-36(17-6-2)20-13-14-24(26(18-20)39-3)34-27-28(30(38)40-4)35-37-25(19-32-29(27)37)23-12-9-11-22(33-23)21-10-7-8-15-31-21/h7-15,18-19,34-35H,5-6,16-17H2,1-4H3. The first-order valence-electron chi connectivity index (χ1n) is 13.3. The number of H-pyrrole nitrogens is 1. The van der Waals surface area contributed by atoms with Crippen LogP contribution in [-0.2, 0) is 4.74 Å². The van der Waals surface area contributed by atoms with Gasteiger partial charge in [0.05, 0.1) is 43.2 Å². The number of fused-ring (bicyclic) bond motifs is 1. The highest BCUT2D eigenvalue weighted by Gasteiger charge is 2.24. The lowest BCUT2D eigenvalue weighted by molar-refractivity contribution is 0.0595. The number of nitrogens with zero attached hydrogens (tertiary/aromatic N) is 5. The number of pyridine rings is 2. The molecule has 0 aliphatic rings. The third-order valence-electron chi connectivity index (χ3n) is 6.58. The van der Waals surface area contributed by atoms with E-state index in [9.17, 15) is 4.79 Å². The maximum absolute atomic E-state index is 12.8. The van der Waals surface area contributed by atoms with Crippen LogP contribution in [0.25, 0.3) is 28.4 Å². The third-order valence-corrected chi connectivity index (χ3v) is 6.58. The molecule has 0 aliphatic heterocycles. The summed E-state index contributed by atoms with van der Waals surface area (Å²) in [7, 11) is 2.98. The van der Waals surface area contributed by atoms with Gasteiger partial charge in [-0.3, -0.25) is 10.1 Å². The van der Waals surface area contributed by atoms with E-state index >= 15 is 0 Å². The van der Waals surface area contributed by atoms with Gasteiger partial charge in [-0.1, -0.05) is 26.0 Å². The van der Waals surface area contributed by atoms with Crippen LogP contribution in [0.5, 0.6) is 5.75 Å². The van der Waals surface area contributed by atoms with Crippen molar-refractivity contribution in [3.05, 3.63) is 72.7 Å². The number of carbonyl (C=O) groups excluding carboxylic acids is 1. The average molecular weight is 540 g/mol. The summed E-state index contributed by atoms with van der Waals surface area (Å²) in [6.45, 7) is 6.26. The van der Waals surface area contributed by atoms with Crippen LogP contribution in [0.3, 0.4) is 0 Å². The van der Waals surface area contributed by atoms with Crippen LogP contribution in [0, 0.1) is 0 Å². The predicted octanol–water partition coefficient (Wildman–Crippen LogP) is 5.95. The topological polar surface area (TPSA) is 110 Å². The molecule has 0 atom stereocenters. The summed E-state index contributed by atoms with van der Waals surface area (Å²) in [6, 6.07) is 17.4. The molecule has 1 aromatic carbocycles. The minimum absolute atomic E-state index is 0.234. The Labute approximate surface area is 233 Å². The van der Waals surface area contributed by atoms with E-state index in [2.05, 4.69) is 45.2 Å². The Morgan fingerprint density at radius 1 is 0.975 bits per heavy atom. The Morgan fingerprint density at radius 3 is 2.45 bits per heavy atom. The van der Waals surface area contributed by atoms with Crippen molar-refractivity contribution in [1.82, 2.24) is 24.6 Å². The van der Waals surface area contributed by atoms with Gasteiger partial charge in [-0.05, 0) is 49.2 Å². The molecule has 0 amide bonds. The molecule has 4 heterocycles. The minimum Gasteiger partial charge on any atom is -0.494 e. The van der Waals surface area contributed by atoms with Crippen LogP contribution in [-0.4, -0.2) is 57.8 Å². The molecule has 0 saturated carbocycles. The first kappa shape index (κ1) is 26.7. The lowest BCUT2D eigenvalue weighted by atomic mass is 10.2. The summed E-state index contributed by atoms with van der Waals surface area (Å²) in [5, 5.41) is 6.53. The van der Waals surface area contributed by atoms with Gasteiger partial charge in [0.1, 0.15) is 17.1 Å². The molecule has 10 nitrogen and oxygen atoms in total. The smallest absolute Gasteiger partial charge is 0.358 e. The molecule has 206 valence electrons. The van der Waals surface area contributed by atoms with Gasteiger partial charge >= 0.3 is 5.97 Å². The number of ether oxygens (including phenoxy) is 2. The number of hydrogen-bond donors (Lipinski definition) is 2. The van der Waals surface area contributed by atoms with Gasteiger partial charge < -0.3 is 19.7 Å². The SMILES string of the molecule is CCCN(CCC)c1ccc(Nc2c(C(=O)OC)[nH]n3c(-c4cccc(-c5ccccn5)n4)cnc23)c(OC)c1. The second-order valence-corrected chi connectivity index (χ2v) is 9.28. The molecule has 5 aromatic rings. The van der Waals surface area contributed by atoms with Gasteiger partial charge in [0.15, 0.2) is 11.3 Å². The summed E-state index contributed by atoms with van der Waals surface area (Å²) >= 11 is 0. The molecule has 10 heteroatoms. The van der Waals surface area contributed by atoms with Gasteiger partial charge in [-0.15, -0.1) is 0 Å². The number of benzene rings is 1. The number of rotatable bonds is 11. The summed E-state index contributed by atoms with van der Waals surface area (Å²) in [4.78, 5) is 29.0. The molecular weight excluding hydrogens is 506 g/mol. The van der Waals surface area contributed by atoms with E-state index < -0.39 is 5.97 Å². The molecule has 0 fully saturated rings. The number of hydrogen-bond acceptors (Lipinski definition) is 8. The Balaban J connectivity index is 1.55. The van der Waals surface area contributed by atoms with Gasteiger partial charge in [-0.25, -0.2) is 19.3 Å². The molecule has 0 radical (unpaired) electrons. The van der Waals surface area contributed by atoms with E-state index in [4.69, 9.17) is 14.5 Å². The Kier molecular flexibility index (Phi) is 7.95. The number of aromatic amines is 1. The van der Waals surface area contributed by atoms with Crippen molar-refractivity contribution in [3.63, 3.8) is 0 Å². The molecule has 40 heavy (non-hydrogen) atoms. The third kappa shape index (κ3) is 5.20. The number of anilines is 3. The number of esters is 1. The number of methoxy groups -OCH3 is 2. The first-order chi connectivity index (χ1) is 19.6. The quantitative estimate of drug-likeness (QED) is 0.198. The van der Waals surface area contributed by atoms with E-state index in [1.165, 1.54) is 7.11 Å². The second-order valence-electron chi connectivity index (χ2n) is 9.28. The molecule has 0 unspecified atom stereocenters. The lowest BCUT2D eigenvalue weighted by Gasteiger charge is -2.25. The maximum Gasteiger partial charge on any atom is 0.358 e. The summed E-state index contributed by atoms with van der Waals surface area (Å²) in [6.07, 6.45) is 5.55. The minimum atomic E-state index is -0.526. The van der Waals surface area contributed by atoms with Gasteiger partial charge in [0, 0.05) is 31.0 Å². The van der Waals surface area contributed by atoms with Gasteiger partial charge in [0.25, 0.3) is 0 Å². The molecule has 0 spiro atoms. The molecule has 2 N–H and O–H groups in total. The zero-order valence-electron chi connectivity index (χ0n) is 23.1. The number of nitrogens with one attached hydrogen (secondary N) is 2. The monoisotopic (exact) mass is 539 g/mol. The highest BCUT2D eigenvalue weighted by molar-refractivity contribution is 5.99. The van der Waals surface area contributed by atoms with E-state index in [-0.39, 0.29) is 5.69 Å². The zero-order chi connectivity index (χ0) is 28.1. The molecule has 0 saturated heterocycles. The first-order valence-corrected chi connectivity index (χ1v) is 13.3. The maximum atomic E-state index is 12.8. The van der Waals surface area contributed by atoms with Crippen molar-refractivity contribution in [2.45, 2.75) is 26.7 Å². The largest absolute Gasteiger partial charge is 0.494 e. The highest BCUT2D eigenvalue weighted by atomic mass is 16.5. The van der Waals surface area contributed by atoms with Crippen LogP contribution >= 0.6 is 0 Å². The van der Waals surface area contributed by atoms with E-state index in [1.54, 1.807) is 24.0 Å². The van der Waals surface area contributed by atoms with Crippen molar-refractivity contribution in [2.24, 2.45) is 0 Å². The van der Waals surface area contributed by atoms with Crippen LogP contribution < -0.4 is 15.0 Å². The Hall–Kier alpha value is -4.86. The number of carbonyl (C=O) groups is 1. The van der Waals surface area contributed by atoms with Crippen LogP contribution in [0.4, 0.5) is 17.1 Å². The van der Waals surface area contributed by atoms with E-state index in [0.717, 1.165) is 43.0 Å². The van der Waals surface area contributed by atoms with Crippen molar-refractivity contribution in [3.8, 4) is 28.5 Å². The van der Waals surface area contributed by atoms with Crippen LogP contribution in [0.1, 0.15) is 37.2 Å². The summed E-state index contributed by atoms with van der Waals surface area (Å²) < 4.78 is 12.6. The molecule has 5 rings (SSSR count). The zero-order valence-corrected chi connectivity index (χ0v) is 23.1. The summed E-state index contributed by atoms with van der Waals surface area (Å²) in [5.41, 5.74) is 5.87. The van der Waals surface area contributed by atoms with Crippen molar-refractivity contribution >= 4 is 28.7 Å². The molecule has 0 bridgehead atoms. The normalized spacial score (nSPS) is 11.0. The fraction of sp³-hybridized carbons (Fsp3) is 0.267. The van der Waals surface area contributed by atoms with Crippen molar-refractivity contribution < 1.29 is 14.3 Å². The van der Waals surface area contributed by atoms with Gasteiger partial charge in [0.2, 0.25) is 0 Å². The number of imidazole rings is 1. The van der Waals surface area contributed by atoms with Crippen LogP contribution in [0.15, 0.2) is 67.0 Å². The Morgan fingerprint density at radius 2 is 1.75 bits per heavy atom. The number of aromatic nitrogens is 5. The van der Waals surface area contributed by atoms with Crippen molar-refractivity contribution in [1.29, 1.82) is 0 Å². The van der Waals surface area contributed by atoms with Crippen LogP contribution in [0.2, 0.25) is 0 Å². The predicted molar refractivity (Wildman–Crippen MR) is 156 cm³/mol. The van der Waals surface area contributed by atoms with Crippen molar-refractivity contribution in [2.75, 3.05) is 37.5 Å². The molecule has 4 aromatic heterocycles. The fourth-order valence-electron chi connectivity index (χ4n) is 4.73. The molecule has 0 aliphatic carbocycles. The average Bonchev–Trinajstić information content (AvgIpc) is 3.57.